The van der Waals surface area contributed by atoms with Crippen LogP contribution >= 0.6 is 0 Å². The van der Waals surface area contributed by atoms with E-state index < -0.39 is 0 Å². The van der Waals surface area contributed by atoms with Crippen molar-refractivity contribution < 1.29 is 0 Å². The lowest BCUT2D eigenvalue weighted by Crippen LogP contribution is -2.43. The molecule has 14 heavy (non-hydrogen) atoms. The van der Waals surface area contributed by atoms with Gasteiger partial charge >= 0.3 is 0 Å². The van der Waals surface area contributed by atoms with Gasteiger partial charge < -0.3 is 9.13 Å². The molecule has 2 nitrogen and oxygen atoms in total. The molecule has 0 saturated carbocycles. The topological polar surface area (TPSA) is 6.48 Å². The van der Waals surface area contributed by atoms with Crippen LogP contribution in [0.25, 0.3) is 0 Å². The molecular formula is C10H28N2Si2. The van der Waals surface area contributed by atoms with Gasteiger partial charge in [-0.25, -0.2) is 0 Å². The van der Waals surface area contributed by atoms with E-state index in [0.29, 0.717) is 0 Å². The van der Waals surface area contributed by atoms with E-state index in [2.05, 4.69) is 50.9 Å². The molecule has 0 aromatic heterocycles. The van der Waals surface area contributed by atoms with Gasteiger partial charge in [0.15, 0.2) is 0 Å². The van der Waals surface area contributed by atoms with Gasteiger partial charge in [-0.15, -0.1) is 0 Å². The molecule has 0 rings (SSSR count). The second kappa shape index (κ2) is 7.62. The number of nitrogens with zero attached hydrogens (tertiary/aromatic N) is 2. The van der Waals surface area contributed by atoms with Crippen molar-refractivity contribution in [3.63, 3.8) is 0 Å². The standard InChI is InChI=1S/C10H28N2Si2/c1-7-9(3)11(5)13-14-12(6)10(4)8-2/h9-10H,7-8,13-14H2,1-6H3. The van der Waals surface area contributed by atoms with Crippen molar-refractivity contribution in [1.82, 2.24) is 9.13 Å². The summed E-state index contributed by atoms with van der Waals surface area (Å²) in [6.07, 6.45) is 2.59. The highest BCUT2D eigenvalue weighted by molar-refractivity contribution is 6.97. The van der Waals surface area contributed by atoms with Gasteiger partial charge in [0.25, 0.3) is 0 Å². The van der Waals surface area contributed by atoms with E-state index in [1.54, 1.807) is 0 Å². The third kappa shape index (κ3) is 5.29. The van der Waals surface area contributed by atoms with E-state index in [9.17, 15) is 0 Å². The third-order valence-corrected chi connectivity index (χ3v) is 11.2. The third-order valence-electron chi connectivity index (χ3n) is 3.49. The molecule has 0 aliphatic carbocycles. The average Bonchev–Trinajstić information content (AvgIpc) is 2.22. The Labute approximate surface area is 94.6 Å². The van der Waals surface area contributed by atoms with Crippen LogP contribution in [0.2, 0.25) is 0 Å². The molecule has 4 heteroatoms. The molecule has 0 fully saturated rings. The quantitative estimate of drug-likeness (QED) is 0.591. The number of hydrogen-bond acceptors (Lipinski definition) is 2. The first-order valence-corrected chi connectivity index (χ1v) is 11.2. The first-order valence-electron chi connectivity index (χ1n) is 5.93. The summed E-state index contributed by atoms with van der Waals surface area (Å²) in [6, 6.07) is 1.61. The zero-order valence-corrected chi connectivity index (χ0v) is 13.7. The van der Waals surface area contributed by atoms with Crippen molar-refractivity contribution in [2.45, 2.75) is 52.6 Å². The lowest BCUT2D eigenvalue weighted by Gasteiger charge is -2.28. The van der Waals surface area contributed by atoms with Crippen LogP contribution in [0.5, 0.6) is 0 Å². The fraction of sp³-hybridized carbons (Fsp3) is 1.00. The molecule has 0 aromatic carbocycles. The molecule has 0 bridgehead atoms. The summed E-state index contributed by atoms with van der Waals surface area (Å²) in [5.74, 6) is 0. The molecule has 0 aliphatic rings. The highest BCUT2D eigenvalue weighted by Crippen LogP contribution is 2.00. The maximum atomic E-state index is 2.64. The Balaban J connectivity index is 3.70. The van der Waals surface area contributed by atoms with Gasteiger partial charge in [0.1, 0.15) is 0 Å². The molecule has 0 radical (unpaired) electrons. The van der Waals surface area contributed by atoms with E-state index in [1.807, 2.05) is 0 Å². The van der Waals surface area contributed by atoms with Crippen LogP contribution in [0.4, 0.5) is 0 Å². The van der Waals surface area contributed by atoms with Crippen LogP contribution in [-0.4, -0.2) is 53.7 Å². The Hall–Kier alpha value is 0.354. The van der Waals surface area contributed by atoms with Crippen LogP contribution < -0.4 is 0 Å². The lowest BCUT2D eigenvalue weighted by molar-refractivity contribution is 0.392. The van der Waals surface area contributed by atoms with Crippen LogP contribution in [0, 0.1) is 0 Å². The molecule has 0 heterocycles. The summed E-state index contributed by atoms with van der Waals surface area (Å²) < 4.78 is 5.29. The van der Waals surface area contributed by atoms with E-state index in [4.69, 9.17) is 0 Å². The van der Waals surface area contributed by atoms with Crippen molar-refractivity contribution in [3.8, 4) is 0 Å². The number of rotatable bonds is 7. The Morgan fingerprint density at radius 2 is 1.14 bits per heavy atom. The maximum absolute atomic E-state index is 2.64. The summed E-state index contributed by atoms with van der Waals surface area (Å²) in [7, 11) is 4.79. The lowest BCUT2D eigenvalue weighted by atomic mass is 10.3. The highest BCUT2D eigenvalue weighted by atomic mass is 29.2. The molecule has 86 valence electrons. The highest BCUT2D eigenvalue weighted by Gasteiger charge is 2.11. The van der Waals surface area contributed by atoms with Gasteiger partial charge in [0, 0.05) is 0 Å². The Bertz CT molecular complexity index is 128. The Morgan fingerprint density at radius 1 is 0.857 bits per heavy atom. The van der Waals surface area contributed by atoms with Crippen molar-refractivity contribution in [2.24, 2.45) is 0 Å². The van der Waals surface area contributed by atoms with Crippen molar-refractivity contribution >= 4 is 18.4 Å². The van der Waals surface area contributed by atoms with Crippen molar-refractivity contribution in [2.75, 3.05) is 14.1 Å². The predicted molar refractivity (Wildman–Crippen MR) is 72.1 cm³/mol. The first kappa shape index (κ1) is 14.4. The van der Waals surface area contributed by atoms with Crippen LogP contribution in [0.15, 0.2) is 0 Å². The molecule has 0 aliphatic heterocycles. The fourth-order valence-corrected chi connectivity index (χ4v) is 7.95. The maximum Gasteiger partial charge on any atom is 0.0968 e. The summed E-state index contributed by atoms with van der Waals surface area (Å²) in [6.45, 7) is 9.28. The van der Waals surface area contributed by atoms with E-state index in [0.717, 1.165) is 12.1 Å². The van der Waals surface area contributed by atoms with Gasteiger partial charge in [-0.2, -0.15) is 0 Å². The zero-order chi connectivity index (χ0) is 11.1. The summed E-state index contributed by atoms with van der Waals surface area (Å²) in [4.78, 5) is 0. The Kier molecular flexibility index (Phi) is 7.81. The van der Waals surface area contributed by atoms with Gasteiger partial charge in [-0.05, 0) is 39.0 Å². The normalized spacial score (nSPS) is 18.0. The smallest absolute Gasteiger partial charge is 0.0968 e. The van der Waals surface area contributed by atoms with E-state index in [1.165, 1.54) is 12.8 Å². The molecule has 0 amide bonds. The molecule has 0 N–H and O–H groups in total. The minimum absolute atomic E-state index is 0.0758. The van der Waals surface area contributed by atoms with E-state index >= 15 is 0 Å². The predicted octanol–water partition coefficient (Wildman–Crippen LogP) is 0.530. The van der Waals surface area contributed by atoms with Crippen LogP contribution in [0.3, 0.4) is 0 Å². The van der Waals surface area contributed by atoms with Gasteiger partial charge in [0.05, 0.1) is 18.4 Å². The fourth-order valence-electron chi connectivity index (χ4n) is 1.38. The van der Waals surface area contributed by atoms with Crippen LogP contribution in [0.1, 0.15) is 40.5 Å². The average molecular weight is 233 g/mol. The van der Waals surface area contributed by atoms with Crippen LogP contribution in [-0.2, 0) is 0 Å². The van der Waals surface area contributed by atoms with Crippen molar-refractivity contribution in [3.05, 3.63) is 0 Å². The molecular weight excluding hydrogens is 204 g/mol. The number of hydrogen-bond donors (Lipinski definition) is 0. The van der Waals surface area contributed by atoms with Gasteiger partial charge in [-0.1, -0.05) is 27.7 Å². The summed E-state index contributed by atoms with van der Waals surface area (Å²) >= 11 is 0. The van der Waals surface area contributed by atoms with Crippen molar-refractivity contribution in [1.29, 1.82) is 0 Å². The van der Waals surface area contributed by atoms with Gasteiger partial charge in [-0.3, -0.25) is 0 Å². The first-order chi connectivity index (χ1) is 6.52. The summed E-state index contributed by atoms with van der Waals surface area (Å²) in [5.41, 5.74) is 0. The zero-order valence-electron chi connectivity index (χ0n) is 10.9. The summed E-state index contributed by atoms with van der Waals surface area (Å²) in [5, 5.41) is 0. The monoisotopic (exact) mass is 232 g/mol. The SMILES string of the molecule is CCC(C)N(C)[SiH2][SiH2]N(C)C(C)CC. The molecule has 0 aromatic rings. The second-order valence-corrected chi connectivity index (χ2v) is 10.0. The molecule has 2 unspecified atom stereocenters. The van der Waals surface area contributed by atoms with Gasteiger partial charge in [0.2, 0.25) is 0 Å². The molecule has 0 saturated heterocycles. The van der Waals surface area contributed by atoms with E-state index in [-0.39, 0.29) is 18.4 Å². The minimum atomic E-state index is 0.0758. The molecule has 2 atom stereocenters. The molecule has 0 spiro atoms. The largest absolute Gasteiger partial charge is 0.331 e. The Morgan fingerprint density at radius 3 is 1.36 bits per heavy atom. The minimum Gasteiger partial charge on any atom is -0.331 e. The second-order valence-electron chi connectivity index (χ2n) is 4.48.